The van der Waals surface area contributed by atoms with E-state index in [0.717, 1.165) is 48.8 Å². The lowest BCUT2D eigenvalue weighted by atomic mass is 9.72. The molecular weight excluding hydrogens is 815 g/mol. The Hall–Kier alpha value is -5.02. The molecule has 1 aliphatic heterocycles. The van der Waals surface area contributed by atoms with Gasteiger partial charge >= 0.3 is 6.18 Å². The third kappa shape index (κ3) is 10.8. The number of amides is 1. The van der Waals surface area contributed by atoms with E-state index in [0.29, 0.717) is 61.7 Å². The predicted octanol–water partition coefficient (Wildman–Crippen LogP) is 10.3. The largest absolute Gasteiger partial charge is 0.456 e. The van der Waals surface area contributed by atoms with Crippen LogP contribution in [0.4, 0.5) is 24.5 Å². The molecule has 15 heteroatoms. The molecule has 0 radical (unpaired) electrons. The van der Waals surface area contributed by atoms with Crippen molar-refractivity contribution in [2.45, 2.75) is 57.0 Å². The van der Waals surface area contributed by atoms with Gasteiger partial charge in [-0.2, -0.15) is 13.2 Å². The number of carbonyl (C=O) groups is 1. The van der Waals surface area contributed by atoms with Gasteiger partial charge in [0.05, 0.1) is 16.0 Å². The molecule has 0 unspecified atom stereocenters. The number of rotatable bonds is 15. The molecule has 0 bridgehead atoms. The van der Waals surface area contributed by atoms with Crippen LogP contribution in [-0.2, 0) is 20.9 Å². The number of benzene rings is 4. The summed E-state index contributed by atoms with van der Waals surface area (Å²) in [4.78, 5) is 16.1. The molecule has 1 fully saturated rings. The molecule has 2 aliphatic rings. The van der Waals surface area contributed by atoms with Crippen LogP contribution < -0.4 is 25.4 Å². The molecule has 0 atom stereocenters. The van der Waals surface area contributed by atoms with E-state index in [1.165, 1.54) is 22.8 Å². The van der Waals surface area contributed by atoms with Gasteiger partial charge in [0.1, 0.15) is 11.5 Å². The highest BCUT2D eigenvalue weighted by Gasteiger charge is 2.36. The molecule has 5 aromatic rings. The van der Waals surface area contributed by atoms with Crippen molar-refractivity contribution < 1.29 is 35.9 Å². The maximum Gasteiger partial charge on any atom is 0.418 e. The van der Waals surface area contributed by atoms with Gasteiger partial charge in [-0.05, 0) is 121 Å². The molecule has 7 rings (SSSR count). The van der Waals surface area contributed by atoms with Crippen LogP contribution in [0.5, 0.6) is 11.5 Å². The molecule has 10 nitrogen and oxygen atoms in total. The van der Waals surface area contributed by atoms with Gasteiger partial charge in [-0.3, -0.25) is 4.79 Å². The van der Waals surface area contributed by atoms with Crippen LogP contribution in [0.2, 0.25) is 5.02 Å². The standard InChI is InChI=1S/C45H49ClF3N5O5S/c1-44(2)17-13-32(38(26-44)30-3-5-33(46)6-4-30)28-50-19-20-51-34-7-10-37(42(24-34)59-35-8-11-40-31(23-35)14-18-52-40)43(55)54-60(56,57)36-9-12-41(39(25-36)45(47,48)49)53-27-29-15-21-58-22-16-29/h3-12,14,18,23-25,29,50-53H,13,15-17,19-22,26-28H2,1-2H3,(H,54,55). The topological polar surface area (TPSA) is 134 Å². The minimum atomic E-state index is -4.86. The maximum atomic E-state index is 14.2. The molecule has 318 valence electrons. The van der Waals surface area contributed by atoms with Crippen LogP contribution in [0.15, 0.2) is 102 Å². The smallest absolute Gasteiger partial charge is 0.418 e. The van der Waals surface area contributed by atoms with Crippen LogP contribution in [0.1, 0.15) is 67.4 Å². The highest BCUT2D eigenvalue weighted by atomic mass is 35.5. The third-order valence-corrected chi connectivity index (χ3v) is 12.7. The number of halogens is 4. The molecule has 60 heavy (non-hydrogen) atoms. The van der Waals surface area contributed by atoms with Gasteiger partial charge in [0.2, 0.25) is 0 Å². The summed E-state index contributed by atoms with van der Waals surface area (Å²) >= 11 is 6.18. The van der Waals surface area contributed by atoms with Crippen LogP contribution in [0.25, 0.3) is 16.5 Å². The van der Waals surface area contributed by atoms with Gasteiger partial charge in [-0.25, -0.2) is 13.1 Å². The molecule has 4 aromatic carbocycles. The Morgan fingerprint density at radius 1 is 0.950 bits per heavy atom. The molecule has 0 saturated carbocycles. The predicted molar refractivity (Wildman–Crippen MR) is 230 cm³/mol. The first kappa shape index (κ1) is 43.1. The zero-order valence-electron chi connectivity index (χ0n) is 33.5. The second-order valence-electron chi connectivity index (χ2n) is 16.1. The Morgan fingerprint density at radius 3 is 2.50 bits per heavy atom. The number of allylic oxidation sites excluding steroid dienone is 1. The number of anilines is 2. The number of ether oxygens (including phenoxy) is 2. The number of nitrogens with one attached hydrogen (secondary N) is 5. The van der Waals surface area contributed by atoms with Crippen LogP contribution >= 0.6 is 11.6 Å². The summed E-state index contributed by atoms with van der Waals surface area (Å²) in [7, 11) is -4.76. The van der Waals surface area contributed by atoms with E-state index in [1.54, 1.807) is 30.5 Å². The lowest BCUT2D eigenvalue weighted by Gasteiger charge is -2.34. The first-order valence-corrected chi connectivity index (χ1v) is 21.9. The van der Waals surface area contributed by atoms with E-state index in [2.05, 4.69) is 46.9 Å². The van der Waals surface area contributed by atoms with Crippen LogP contribution in [-0.4, -0.2) is 58.7 Å². The van der Waals surface area contributed by atoms with Gasteiger partial charge < -0.3 is 30.4 Å². The van der Waals surface area contributed by atoms with Crippen molar-refractivity contribution in [1.29, 1.82) is 0 Å². The Kier molecular flexibility index (Phi) is 13.1. The lowest BCUT2D eigenvalue weighted by molar-refractivity contribution is -0.137. The minimum absolute atomic E-state index is 0.0433. The van der Waals surface area contributed by atoms with Crippen molar-refractivity contribution >= 4 is 55.4 Å². The van der Waals surface area contributed by atoms with E-state index in [9.17, 15) is 26.4 Å². The molecule has 1 aromatic heterocycles. The lowest BCUT2D eigenvalue weighted by Crippen LogP contribution is -2.31. The van der Waals surface area contributed by atoms with Gasteiger partial charge in [0, 0.05) is 79.0 Å². The fraction of sp³-hybridized carbons (Fsp3) is 0.356. The molecule has 1 saturated heterocycles. The molecule has 1 aliphatic carbocycles. The average Bonchev–Trinajstić information content (AvgIpc) is 3.68. The van der Waals surface area contributed by atoms with Crippen molar-refractivity contribution in [1.82, 2.24) is 15.0 Å². The summed E-state index contributed by atoms with van der Waals surface area (Å²) in [5.74, 6) is -0.524. The second kappa shape index (κ2) is 18.3. The molecule has 0 spiro atoms. The number of aromatic amines is 1. The number of alkyl halides is 3. The molecule has 5 N–H and O–H groups in total. The first-order chi connectivity index (χ1) is 28.6. The fourth-order valence-electron chi connectivity index (χ4n) is 7.67. The summed E-state index contributed by atoms with van der Waals surface area (Å²) in [5, 5.41) is 11.3. The van der Waals surface area contributed by atoms with E-state index >= 15 is 0 Å². The third-order valence-electron chi connectivity index (χ3n) is 11.1. The van der Waals surface area contributed by atoms with E-state index in [1.807, 2.05) is 29.0 Å². The Labute approximate surface area is 353 Å². The number of carbonyl (C=O) groups excluding carboxylic acids is 1. The Morgan fingerprint density at radius 2 is 1.73 bits per heavy atom. The van der Waals surface area contributed by atoms with Crippen molar-refractivity contribution in [2.24, 2.45) is 11.3 Å². The molecule has 1 amide bonds. The summed E-state index contributed by atoms with van der Waals surface area (Å²) < 4.78 is 83.3. The van der Waals surface area contributed by atoms with E-state index in [4.69, 9.17) is 21.1 Å². The second-order valence-corrected chi connectivity index (χ2v) is 18.3. The van der Waals surface area contributed by atoms with Crippen LogP contribution in [0.3, 0.4) is 0 Å². The normalized spacial score (nSPS) is 16.2. The zero-order chi connectivity index (χ0) is 42.5. The van der Waals surface area contributed by atoms with Crippen molar-refractivity contribution in [3.05, 3.63) is 118 Å². The average molecular weight is 864 g/mol. The highest BCUT2D eigenvalue weighted by Crippen LogP contribution is 2.43. The summed E-state index contributed by atoms with van der Waals surface area (Å²) in [5.41, 5.74) is 4.03. The summed E-state index contributed by atoms with van der Waals surface area (Å²) in [6.07, 6.45) is 1.38. The molecule has 2 heterocycles. The van der Waals surface area contributed by atoms with Gasteiger partial charge in [-0.15, -0.1) is 0 Å². The zero-order valence-corrected chi connectivity index (χ0v) is 35.0. The minimum Gasteiger partial charge on any atom is -0.456 e. The molecular formula is C45H49ClF3N5O5S. The van der Waals surface area contributed by atoms with Gasteiger partial charge in [0.15, 0.2) is 0 Å². The van der Waals surface area contributed by atoms with Gasteiger partial charge in [-0.1, -0.05) is 43.2 Å². The quantitative estimate of drug-likeness (QED) is 0.0657. The van der Waals surface area contributed by atoms with Crippen molar-refractivity contribution in [3.63, 3.8) is 0 Å². The Balaban J connectivity index is 1.06. The Bertz CT molecular complexity index is 2460. The first-order valence-electron chi connectivity index (χ1n) is 20.0. The fourth-order valence-corrected chi connectivity index (χ4v) is 8.78. The number of hydrogen-bond acceptors (Lipinski definition) is 8. The van der Waals surface area contributed by atoms with E-state index in [-0.39, 0.29) is 34.9 Å². The number of sulfonamides is 1. The van der Waals surface area contributed by atoms with Crippen LogP contribution in [0, 0.1) is 11.3 Å². The summed E-state index contributed by atoms with van der Waals surface area (Å²) in [6.45, 7) is 7.79. The number of H-pyrrole nitrogens is 1. The van der Waals surface area contributed by atoms with Crippen molar-refractivity contribution in [2.75, 3.05) is 50.0 Å². The number of fused-ring (bicyclic) bond motifs is 1. The number of hydrogen-bond donors (Lipinski definition) is 5. The summed E-state index contributed by atoms with van der Waals surface area (Å²) in [6, 6.07) is 22.4. The SMILES string of the molecule is CC1(C)CCC(CNCCNc2ccc(C(=O)NS(=O)(=O)c3ccc(NCC4CCOCC4)c(C(F)(F)F)c3)c(Oc3ccc4[nH]ccc4c3)c2)=C(c2ccc(Cl)cc2)C1. The van der Waals surface area contributed by atoms with E-state index < -0.39 is 32.6 Å². The van der Waals surface area contributed by atoms with Gasteiger partial charge in [0.25, 0.3) is 15.9 Å². The monoisotopic (exact) mass is 863 g/mol. The van der Waals surface area contributed by atoms with Crippen molar-refractivity contribution in [3.8, 4) is 11.5 Å². The number of aromatic nitrogens is 1. The maximum absolute atomic E-state index is 14.2. The highest BCUT2D eigenvalue weighted by molar-refractivity contribution is 7.90.